The first kappa shape index (κ1) is 27.0. The number of amides is 2. The molecule has 200 valence electrons. The Labute approximate surface area is 223 Å². The van der Waals surface area contributed by atoms with Crippen LogP contribution in [0.1, 0.15) is 30.6 Å². The van der Waals surface area contributed by atoms with Crippen LogP contribution in [0, 0.1) is 11.7 Å². The molecule has 1 saturated heterocycles. The molecule has 4 rings (SSSR count). The highest BCUT2D eigenvalue weighted by atomic mass is 19.1. The third-order valence-corrected chi connectivity index (χ3v) is 6.50. The van der Waals surface area contributed by atoms with Crippen LogP contribution in [0.4, 0.5) is 10.2 Å². The molecule has 2 aromatic carbocycles. The van der Waals surface area contributed by atoms with Gasteiger partial charge in [0, 0.05) is 43.9 Å². The molecular weight excluding hydrogens is 485 g/mol. The van der Waals surface area contributed by atoms with E-state index in [-0.39, 0.29) is 24.3 Å². The van der Waals surface area contributed by atoms with Crippen LogP contribution in [0.5, 0.6) is 5.75 Å². The average Bonchev–Trinajstić information content (AvgIpc) is 3.19. The number of aromatic nitrogens is 2. The quantitative estimate of drug-likeness (QED) is 0.445. The Morgan fingerprint density at radius 1 is 0.947 bits per heavy atom. The number of halogens is 1. The number of nitrogens with zero attached hydrogens (tertiary/aromatic N) is 5. The molecule has 0 bridgehead atoms. The van der Waals surface area contributed by atoms with Gasteiger partial charge < -0.3 is 19.4 Å². The molecule has 0 N–H and O–H groups in total. The second kappa shape index (κ2) is 12.5. The number of ether oxygens (including phenoxy) is 1. The van der Waals surface area contributed by atoms with Gasteiger partial charge in [-0.1, -0.05) is 13.8 Å². The molecule has 2 heterocycles. The summed E-state index contributed by atoms with van der Waals surface area (Å²) in [4.78, 5) is 31.8. The van der Waals surface area contributed by atoms with Gasteiger partial charge in [0.05, 0.1) is 12.8 Å². The van der Waals surface area contributed by atoms with Gasteiger partial charge in [-0.05, 0) is 73.0 Å². The molecule has 9 heteroatoms. The van der Waals surface area contributed by atoms with E-state index in [1.165, 1.54) is 24.3 Å². The van der Waals surface area contributed by atoms with Gasteiger partial charge in [0.2, 0.25) is 5.91 Å². The fraction of sp³-hybridized carbons (Fsp3) is 0.379. The van der Waals surface area contributed by atoms with Gasteiger partial charge in [0.25, 0.3) is 5.91 Å². The van der Waals surface area contributed by atoms with Crippen molar-refractivity contribution in [1.29, 1.82) is 0 Å². The lowest BCUT2D eigenvalue weighted by atomic mass is 10.1. The van der Waals surface area contributed by atoms with E-state index in [2.05, 4.69) is 15.1 Å². The maximum atomic E-state index is 13.3. The molecule has 3 aromatic rings. The van der Waals surface area contributed by atoms with Crippen molar-refractivity contribution in [3.63, 3.8) is 0 Å². The van der Waals surface area contributed by atoms with Crippen molar-refractivity contribution in [1.82, 2.24) is 20.0 Å². The number of methoxy groups -OCH3 is 1. The summed E-state index contributed by atoms with van der Waals surface area (Å²) in [6.45, 7) is 6.94. The van der Waals surface area contributed by atoms with Crippen LogP contribution in [0.25, 0.3) is 11.3 Å². The van der Waals surface area contributed by atoms with Gasteiger partial charge in [-0.25, -0.2) is 4.39 Å². The summed E-state index contributed by atoms with van der Waals surface area (Å²) < 4.78 is 18.5. The summed E-state index contributed by atoms with van der Waals surface area (Å²) in [6, 6.07) is 17.0. The van der Waals surface area contributed by atoms with Crippen molar-refractivity contribution in [3.8, 4) is 17.0 Å². The van der Waals surface area contributed by atoms with Gasteiger partial charge in [0.15, 0.2) is 5.82 Å². The molecule has 1 aliphatic heterocycles. The maximum absolute atomic E-state index is 13.3. The van der Waals surface area contributed by atoms with Gasteiger partial charge in [-0.15, -0.1) is 10.2 Å². The summed E-state index contributed by atoms with van der Waals surface area (Å²) in [5.41, 5.74) is 2.11. The molecule has 0 atom stereocenters. The molecule has 1 aromatic heterocycles. The van der Waals surface area contributed by atoms with Crippen LogP contribution in [-0.4, -0.2) is 78.2 Å². The molecule has 0 spiro atoms. The Morgan fingerprint density at radius 3 is 2.32 bits per heavy atom. The number of benzene rings is 2. The fourth-order valence-electron chi connectivity index (χ4n) is 4.50. The monoisotopic (exact) mass is 519 g/mol. The standard InChI is InChI=1S/C29H34FN5O3/c1-21(2)19-35(29(37)23-5-9-24(30)10-6-23)20-28(36)34-16-4-15-33(17-18-34)27-14-13-26(31-32-27)22-7-11-25(38-3)12-8-22/h5-14,21H,4,15-20H2,1-3H3. The third-order valence-electron chi connectivity index (χ3n) is 6.50. The summed E-state index contributed by atoms with van der Waals surface area (Å²) in [6.07, 6.45) is 0.781. The molecular formula is C29H34FN5O3. The Bertz CT molecular complexity index is 1220. The van der Waals surface area contributed by atoms with Crippen molar-refractivity contribution in [3.05, 3.63) is 72.0 Å². The molecule has 0 saturated carbocycles. The molecule has 1 fully saturated rings. The lowest BCUT2D eigenvalue weighted by molar-refractivity contribution is -0.131. The zero-order valence-electron chi connectivity index (χ0n) is 22.1. The van der Waals surface area contributed by atoms with E-state index in [9.17, 15) is 14.0 Å². The second-order valence-corrected chi connectivity index (χ2v) is 9.81. The van der Waals surface area contributed by atoms with E-state index in [4.69, 9.17) is 4.74 Å². The van der Waals surface area contributed by atoms with Gasteiger partial charge in [0.1, 0.15) is 18.1 Å². The summed E-state index contributed by atoms with van der Waals surface area (Å²) >= 11 is 0. The number of hydrogen-bond acceptors (Lipinski definition) is 6. The first-order valence-electron chi connectivity index (χ1n) is 12.9. The zero-order valence-corrected chi connectivity index (χ0v) is 22.1. The Balaban J connectivity index is 1.37. The summed E-state index contributed by atoms with van der Waals surface area (Å²) in [7, 11) is 1.63. The molecule has 0 unspecified atom stereocenters. The first-order chi connectivity index (χ1) is 18.3. The van der Waals surface area contributed by atoms with Crippen molar-refractivity contribution < 1.29 is 18.7 Å². The molecule has 0 aliphatic carbocycles. The average molecular weight is 520 g/mol. The number of rotatable bonds is 8. The molecule has 0 radical (unpaired) electrons. The van der Waals surface area contributed by atoms with Gasteiger partial charge in [-0.2, -0.15) is 0 Å². The van der Waals surface area contributed by atoms with E-state index >= 15 is 0 Å². The number of carbonyl (C=O) groups excluding carboxylic acids is 2. The topological polar surface area (TPSA) is 78.9 Å². The number of anilines is 1. The van der Waals surface area contributed by atoms with Crippen LogP contribution in [0.3, 0.4) is 0 Å². The molecule has 38 heavy (non-hydrogen) atoms. The van der Waals surface area contributed by atoms with Crippen LogP contribution >= 0.6 is 0 Å². The highest BCUT2D eigenvalue weighted by Crippen LogP contribution is 2.22. The van der Waals surface area contributed by atoms with Crippen molar-refractivity contribution >= 4 is 17.6 Å². The number of hydrogen-bond donors (Lipinski definition) is 0. The minimum Gasteiger partial charge on any atom is -0.497 e. The predicted octanol–water partition coefficient (Wildman–Crippen LogP) is 4.13. The van der Waals surface area contributed by atoms with Crippen LogP contribution in [0.2, 0.25) is 0 Å². The van der Waals surface area contributed by atoms with Crippen LogP contribution in [0.15, 0.2) is 60.7 Å². The van der Waals surface area contributed by atoms with E-state index in [1.54, 1.807) is 12.0 Å². The molecule has 1 aliphatic rings. The minimum atomic E-state index is -0.401. The smallest absolute Gasteiger partial charge is 0.254 e. The predicted molar refractivity (Wildman–Crippen MR) is 145 cm³/mol. The van der Waals surface area contributed by atoms with E-state index < -0.39 is 5.82 Å². The van der Waals surface area contributed by atoms with Gasteiger partial charge in [-0.3, -0.25) is 9.59 Å². The summed E-state index contributed by atoms with van der Waals surface area (Å²) in [5.74, 6) is 0.978. The third kappa shape index (κ3) is 6.85. The van der Waals surface area contributed by atoms with E-state index in [0.29, 0.717) is 31.7 Å². The number of carbonyl (C=O) groups is 2. The SMILES string of the molecule is COc1ccc(-c2ccc(N3CCCN(C(=O)CN(CC(C)C)C(=O)c4ccc(F)cc4)CC3)nn2)cc1. The lowest BCUT2D eigenvalue weighted by Gasteiger charge is -2.28. The fourth-order valence-corrected chi connectivity index (χ4v) is 4.50. The summed E-state index contributed by atoms with van der Waals surface area (Å²) in [5, 5.41) is 8.84. The first-order valence-corrected chi connectivity index (χ1v) is 12.9. The minimum absolute atomic E-state index is 0.00917. The lowest BCUT2D eigenvalue weighted by Crippen LogP contribution is -2.45. The normalized spacial score (nSPS) is 13.8. The van der Waals surface area contributed by atoms with Crippen molar-refractivity contribution in [2.45, 2.75) is 20.3 Å². The van der Waals surface area contributed by atoms with E-state index in [1.807, 2.05) is 55.1 Å². The largest absolute Gasteiger partial charge is 0.497 e. The van der Waals surface area contributed by atoms with Crippen molar-refractivity contribution in [2.24, 2.45) is 5.92 Å². The second-order valence-electron chi connectivity index (χ2n) is 9.81. The van der Waals surface area contributed by atoms with Gasteiger partial charge >= 0.3 is 0 Å². The van der Waals surface area contributed by atoms with Crippen LogP contribution in [-0.2, 0) is 4.79 Å². The Morgan fingerprint density at radius 2 is 1.68 bits per heavy atom. The Kier molecular flexibility index (Phi) is 8.89. The highest BCUT2D eigenvalue weighted by Gasteiger charge is 2.25. The van der Waals surface area contributed by atoms with E-state index in [0.717, 1.165) is 35.8 Å². The maximum Gasteiger partial charge on any atom is 0.254 e. The zero-order chi connectivity index (χ0) is 27.1. The Hall–Kier alpha value is -4.01. The molecule has 2 amide bonds. The highest BCUT2D eigenvalue weighted by molar-refractivity contribution is 5.96. The van der Waals surface area contributed by atoms with Crippen LogP contribution < -0.4 is 9.64 Å². The van der Waals surface area contributed by atoms with Crippen molar-refractivity contribution in [2.75, 3.05) is 51.3 Å². The molecule has 8 nitrogen and oxygen atoms in total.